The number of nitrogens with one attached hydrogen (secondary N) is 2. The van der Waals surface area contributed by atoms with Crippen LogP contribution in [0.15, 0.2) is 18.3 Å². The molecular formula is C14H23N3O2. The Balaban J connectivity index is 1.66. The highest BCUT2D eigenvalue weighted by molar-refractivity contribution is 5.92. The second-order valence-electron chi connectivity index (χ2n) is 4.76. The van der Waals surface area contributed by atoms with Gasteiger partial charge in [0.2, 0.25) is 0 Å². The predicted molar refractivity (Wildman–Crippen MR) is 74.3 cm³/mol. The maximum absolute atomic E-state index is 11.9. The Kier molecular flexibility index (Phi) is 5.42. The first-order valence-corrected chi connectivity index (χ1v) is 7.07. The predicted octanol–water partition coefficient (Wildman–Crippen LogP) is 1.01. The van der Waals surface area contributed by atoms with Gasteiger partial charge in [-0.1, -0.05) is 0 Å². The minimum atomic E-state index is -0.0271. The molecule has 2 heterocycles. The van der Waals surface area contributed by atoms with Gasteiger partial charge in [0.05, 0.1) is 12.7 Å². The highest BCUT2D eigenvalue weighted by Gasteiger charge is 2.13. The summed E-state index contributed by atoms with van der Waals surface area (Å²) in [6.45, 7) is 6.04. The summed E-state index contributed by atoms with van der Waals surface area (Å²) < 4.78 is 7.68. The molecule has 1 fully saturated rings. The molecule has 0 radical (unpaired) electrons. The number of piperidine rings is 1. The second-order valence-corrected chi connectivity index (χ2v) is 4.76. The zero-order valence-corrected chi connectivity index (χ0v) is 11.5. The Morgan fingerprint density at radius 2 is 2.32 bits per heavy atom. The number of carbonyl (C=O) groups excluding carboxylic acids is 1. The fourth-order valence-corrected chi connectivity index (χ4v) is 2.34. The standard InChI is InChI=1S/C14H23N3O2/c1-2-17-10-3-4-13(17)14(18)16-9-11-19-12-5-7-15-8-6-12/h3-4,10,12,15H,2,5-9,11H2,1H3,(H,16,18). The normalized spacial score (nSPS) is 16.5. The fraction of sp³-hybridized carbons (Fsp3) is 0.643. The van der Waals surface area contributed by atoms with Crippen LogP contribution in [0.5, 0.6) is 0 Å². The number of hydrogen-bond donors (Lipinski definition) is 2. The lowest BCUT2D eigenvalue weighted by Crippen LogP contribution is -2.35. The molecule has 0 spiro atoms. The monoisotopic (exact) mass is 265 g/mol. The average Bonchev–Trinajstić information content (AvgIpc) is 2.93. The number of aryl methyl sites for hydroxylation is 1. The van der Waals surface area contributed by atoms with Crippen molar-refractivity contribution >= 4 is 5.91 Å². The first-order valence-electron chi connectivity index (χ1n) is 7.07. The van der Waals surface area contributed by atoms with Gasteiger partial charge in [0.1, 0.15) is 5.69 Å². The molecule has 0 unspecified atom stereocenters. The smallest absolute Gasteiger partial charge is 0.267 e. The van der Waals surface area contributed by atoms with Crippen LogP contribution in [0.3, 0.4) is 0 Å². The Hall–Kier alpha value is -1.33. The van der Waals surface area contributed by atoms with E-state index in [4.69, 9.17) is 4.74 Å². The number of nitrogens with zero attached hydrogens (tertiary/aromatic N) is 1. The zero-order valence-electron chi connectivity index (χ0n) is 11.5. The van der Waals surface area contributed by atoms with Gasteiger partial charge in [-0.2, -0.15) is 0 Å². The fourth-order valence-electron chi connectivity index (χ4n) is 2.34. The summed E-state index contributed by atoms with van der Waals surface area (Å²) >= 11 is 0. The number of amides is 1. The summed E-state index contributed by atoms with van der Waals surface area (Å²) in [6, 6.07) is 3.73. The van der Waals surface area contributed by atoms with E-state index in [1.807, 2.05) is 29.8 Å². The Labute approximate surface area is 114 Å². The molecule has 1 saturated heterocycles. The van der Waals surface area contributed by atoms with Gasteiger partial charge in [-0.3, -0.25) is 4.79 Å². The van der Waals surface area contributed by atoms with Gasteiger partial charge >= 0.3 is 0 Å². The highest BCUT2D eigenvalue weighted by atomic mass is 16.5. The van der Waals surface area contributed by atoms with Crippen molar-refractivity contribution in [3.8, 4) is 0 Å². The lowest BCUT2D eigenvalue weighted by atomic mass is 10.1. The van der Waals surface area contributed by atoms with Gasteiger partial charge in [-0.05, 0) is 45.0 Å². The van der Waals surface area contributed by atoms with E-state index in [1.54, 1.807) is 0 Å². The van der Waals surface area contributed by atoms with E-state index in [-0.39, 0.29) is 5.91 Å². The van der Waals surface area contributed by atoms with Gasteiger partial charge in [-0.15, -0.1) is 0 Å². The van der Waals surface area contributed by atoms with Crippen molar-refractivity contribution in [3.05, 3.63) is 24.0 Å². The molecule has 1 amide bonds. The Morgan fingerprint density at radius 3 is 3.05 bits per heavy atom. The molecule has 2 rings (SSSR count). The van der Waals surface area contributed by atoms with Crippen LogP contribution < -0.4 is 10.6 Å². The number of hydrogen-bond acceptors (Lipinski definition) is 3. The van der Waals surface area contributed by atoms with Crippen molar-refractivity contribution in [3.63, 3.8) is 0 Å². The molecule has 0 saturated carbocycles. The quantitative estimate of drug-likeness (QED) is 0.755. The van der Waals surface area contributed by atoms with Crippen molar-refractivity contribution in [1.82, 2.24) is 15.2 Å². The molecule has 0 aliphatic carbocycles. The summed E-state index contributed by atoms with van der Waals surface area (Å²) in [6.07, 6.45) is 4.39. The number of carbonyl (C=O) groups is 1. The summed E-state index contributed by atoms with van der Waals surface area (Å²) in [5, 5.41) is 6.20. The first kappa shape index (κ1) is 14.1. The minimum Gasteiger partial charge on any atom is -0.376 e. The second kappa shape index (κ2) is 7.31. The third kappa shape index (κ3) is 4.08. The summed E-state index contributed by atoms with van der Waals surface area (Å²) in [4.78, 5) is 11.9. The molecule has 0 aromatic carbocycles. The van der Waals surface area contributed by atoms with E-state index in [0.717, 1.165) is 32.5 Å². The first-order chi connectivity index (χ1) is 9.31. The van der Waals surface area contributed by atoms with Gasteiger partial charge in [0.25, 0.3) is 5.91 Å². The van der Waals surface area contributed by atoms with Crippen LogP contribution in [0.25, 0.3) is 0 Å². The third-order valence-corrected chi connectivity index (χ3v) is 3.43. The molecule has 106 valence electrons. The molecule has 1 aromatic rings. The number of rotatable bonds is 6. The lowest BCUT2D eigenvalue weighted by Gasteiger charge is -2.22. The van der Waals surface area contributed by atoms with Crippen molar-refractivity contribution in [2.24, 2.45) is 0 Å². The van der Waals surface area contributed by atoms with Crippen LogP contribution in [0.1, 0.15) is 30.3 Å². The molecule has 1 aliphatic rings. The molecule has 0 bridgehead atoms. The highest BCUT2D eigenvalue weighted by Crippen LogP contribution is 2.06. The maximum atomic E-state index is 11.9. The number of aromatic nitrogens is 1. The number of ether oxygens (including phenoxy) is 1. The van der Waals surface area contributed by atoms with Crippen molar-refractivity contribution in [2.75, 3.05) is 26.2 Å². The van der Waals surface area contributed by atoms with Crippen molar-refractivity contribution in [1.29, 1.82) is 0 Å². The molecular weight excluding hydrogens is 242 g/mol. The topological polar surface area (TPSA) is 55.3 Å². The minimum absolute atomic E-state index is 0.0271. The van der Waals surface area contributed by atoms with E-state index >= 15 is 0 Å². The zero-order chi connectivity index (χ0) is 13.5. The molecule has 5 heteroatoms. The van der Waals surface area contributed by atoms with Gasteiger partial charge in [-0.25, -0.2) is 0 Å². The SMILES string of the molecule is CCn1cccc1C(=O)NCCOC1CCNCC1. The summed E-state index contributed by atoms with van der Waals surface area (Å²) in [5.74, 6) is -0.0271. The van der Waals surface area contributed by atoms with E-state index in [0.29, 0.717) is 24.9 Å². The van der Waals surface area contributed by atoms with Gasteiger partial charge < -0.3 is 19.9 Å². The van der Waals surface area contributed by atoms with Crippen LogP contribution in [-0.4, -0.2) is 42.8 Å². The van der Waals surface area contributed by atoms with E-state index in [1.165, 1.54) is 0 Å². The van der Waals surface area contributed by atoms with Crippen molar-refractivity contribution < 1.29 is 9.53 Å². The van der Waals surface area contributed by atoms with Gasteiger partial charge in [0, 0.05) is 19.3 Å². The maximum Gasteiger partial charge on any atom is 0.267 e. The van der Waals surface area contributed by atoms with Crippen molar-refractivity contribution in [2.45, 2.75) is 32.4 Å². The summed E-state index contributed by atoms with van der Waals surface area (Å²) in [7, 11) is 0. The largest absolute Gasteiger partial charge is 0.376 e. The van der Waals surface area contributed by atoms with Crippen LogP contribution in [-0.2, 0) is 11.3 Å². The van der Waals surface area contributed by atoms with E-state index in [2.05, 4.69) is 10.6 Å². The van der Waals surface area contributed by atoms with Crippen LogP contribution in [0, 0.1) is 0 Å². The Bertz CT molecular complexity index is 397. The molecule has 1 aromatic heterocycles. The molecule has 5 nitrogen and oxygen atoms in total. The van der Waals surface area contributed by atoms with Gasteiger partial charge in [0.15, 0.2) is 0 Å². The lowest BCUT2D eigenvalue weighted by molar-refractivity contribution is 0.0343. The Morgan fingerprint density at radius 1 is 1.53 bits per heavy atom. The molecule has 2 N–H and O–H groups in total. The van der Waals surface area contributed by atoms with E-state index < -0.39 is 0 Å². The van der Waals surface area contributed by atoms with Crippen LogP contribution in [0.2, 0.25) is 0 Å². The molecule has 1 aliphatic heterocycles. The van der Waals surface area contributed by atoms with Crippen LogP contribution >= 0.6 is 0 Å². The summed E-state index contributed by atoms with van der Waals surface area (Å²) in [5.41, 5.74) is 0.712. The third-order valence-electron chi connectivity index (χ3n) is 3.43. The molecule has 19 heavy (non-hydrogen) atoms. The van der Waals surface area contributed by atoms with E-state index in [9.17, 15) is 4.79 Å². The molecule has 0 atom stereocenters. The average molecular weight is 265 g/mol. The van der Waals surface area contributed by atoms with Crippen LogP contribution in [0.4, 0.5) is 0 Å².